The van der Waals surface area contributed by atoms with Crippen LogP contribution in [-0.2, 0) is 4.79 Å². The van der Waals surface area contributed by atoms with Gasteiger partial charge in [-0.2, -0.15) is 0 Å². The third kappa shape index (κ3) is 2.87. The first-order valence-electron chi connectivity index (χ1n) is 7.63. The summed E-state index contributed by atoms with van der Waals surface area (Å²) >= 11 is 0. The van der Waals surface area contributed by atoms with E-state index in [9.17, 15) is 9.90 Å². The second-order valence-electron chi connectivity index (χ2n) is 6.04. The summed E-state index contributed by atoms with van der Waals surface area (Å²) in [6, 6.07) is 0. The minimum Gasteiger partial charge on any atom is -0.393 e. The SMILES string of the molecule is CCCC[C@@H]1[C@@H](C(=O)N2CCCCC2)[C@H]1[C@@H](C)O. The molecule has 0 bridgehead atoms. The summed E-state index contributed by atoms with van der Waals surface area (Å²) in [4.78, 5) is 14.5. The van der Waals surface area contributed by atoms with E-state index >= 15 is 0 Å². The first-order valence-corrected chi connectivity index (χ1v) is 7.63. The van der Waals surface area contributed by atoms with Crippen molar-refractivity contribution in [2.24, 2.45) is 17.8 Å². The number of rotatable bonds is 5. The van der Waals surface area contributed by atoms with E-state index in [1.165, 1.54) is 19.3 Å². The number of likely N-dealkylation sites (tertiary alicyclic amines) is 1. The number of hydrogen-bond donors (Lipinski definition) is 1. The highest BCUT2D eigenvalue weighted by atomic mass is 16.3. The lowest BCUT2D eigenvalue weighted by molar-refractivity contribution is -0.134. The van der Waals surface area contributed by atoms with E-state index in [0.29, 0.717) is 11.8 Å². The molecule has 1 amide bonds. The molecule has 1 N–H and O–H groups in total. The molecule has 1 saturated heterocycles. The highest BCUT2D eigenvalue weighted by Gasteiger charge is 2.56. The van der Waals surface area contributed by atoms with Gasteiger partial charge in [-0.3, -0.25) is 4.79 Å². The molecule has 0 aromatic heterocycles. The highest BCUT2D eigenvalue weighted by molar-refractivity contribution is 5.82. The van der Waals surface area contributed by atoms with Gasteiger partial charge in [0.05, 0.1) is 6.10 Å². The number of carbonyl (C=O) groups excluding carboxylic acids is 1. The zero-order chi connectivity index (χ0) is 13.1. The third-order valence-corrected chi connectivity index (χ3v) is 4.63. The monoisotopic (exact) mass is 253 g/mol. The summed E-state index contributed by atoms with van der Waals surface area (Å²) in [6.07, 6.45) is 6.69. The van der Waals surface area contributed by atoms with E-state index in [2.05, 4.69) is 6.92 Å². The van der Waals surface area contributed by atoms with Crippen molar-refractivity contribution in [1.29, 1.82) is 0 Å². The Bertz CT molecular complexity index is 284. The molecule has 0 aromatic carbocycles. The number of nitrogens with zero attached hydrogens (tertiary/aromatic N) is 1. The van der Waals surface area contributed by atoms with Crippen molar-refractivity contribution in [3.63, 3.8) is 0 Å². The van der Waals surface area contributed by atoms with Gasteiger partial charge >= 0.3 is 0 Å². The topological polar surface area (TPSA) is 40.5 Å². The van der Waals surface area contributed by atoms with Crippen molar-refractivity contribution in [3.05, 3.63) is 0 Å². The molecule has 2 aliphatic rings. The van der Waals surface area contributed by atoms with Gasteiger partial charge in [0.2, 0.25) is 5.91 Å². The molecule has 1 heterocycles. The molecule has 3 nitrogen and oxygen atoms in total. The fourth-order valence-electron chi connectivity index (χ4n) is 3.54. The van der Waals surface area contributed by atoms with Crippen molar-refractivity contribution in [3.8, 4) is 0 Å². The molecule has 0 spiro atoms. The van der Waals surface area contributed by atoms with Gasteiger partial charge in [-0.25, -0.2) is 0 Å². The molecule has 2 rings (SSSR count). The number of unbranched alkanes of at least 4 members (excludes halogenated alkanes) is 1. The molecule has 1 aliphatic carbocycles. The van der Waals surface area contributed by atoms with Crippen LogP contribution in [0.3, 0.4) is 0 Å². The van der Waals surface area contributed by atoms with Crippen LogP contribution < -0.4 is 0 Å². The van der Waals surface area contributed by atoms with Crippen molar-refractivity contribution in [1.82, 2.24) is 4.90 Å². The van der Waals surface area contributed by atoms with Gasteiger partial charge in [0, 0.05) is 19.0 Å². The number of piperidine rings is 1. The van der Waals surface area contributed by atoms with Gasteiger partial charge in [-0.1, -0.05) is 19.8 Å². The zero-order valence-electron chi connectivity index (χ0n) is 11.8. The smallest absolute Gasteiger partial charge is 0.226 e. The first-order chi connectivity index (χ1) is 8.66. The van der Waals surface area contributed by atoms with Gasteiger partial charge in [0.15, 0.2) is 0 Å². The Morgan fingerprint density at radius 2 is 2.00 bits per heavy atom. The van der Waals surface area contributed by atoms with Crippen LogP contribution in [0.1, 0.15) is 52.4 Å². The molecule has 0 unspecified atom stereocenters. The molecule has 0 radical (unpaired) electrons. The van der Waals surface area contributed by atoms with E-state index in [-0.39, 0.29) is 17.9 Å². The highest BCUT2D eigenvalue weighted by Crippen LogP contribution is 2.52. The Morgan fingerprint density at radius 3 is 2.56 bits per heavy atom. The van der Waals surface area contributed by atoms with Crippen molar-refractivity contribution >= 4 is 5.91 Å². The Morgan fingerprint density at radius 1 is 1.33 bits per heavy atom. The zero-order valence-corrected chi connectivity index (χ0v) is 11.8. The Balaban J connectivity index is 1.91. The predicted octanol–water partition coefficient (Wildman–Crippen LogP) is 2.43. The number of aliphatic hydroxyl groups excluding tert-OH is 1. The van der Waals surface area contributed by atoms with E-state index in [4.69, 9.17) is 0 Å². The van der Waals surface area contributed by atoms with Crippen LogP contribution in [0.5, 0.6) is 0 Å². The largest absolute Gasteiger partial charge is 0.393 e. The minimum atomic E-state index is -0.328. The van der Waals surface area contributed by atoms with Gasteiger partial charge < -0.3 is 10.0 Å². The maximum Gasteiger partial charge on any atom is 0.226 e. The second kappa shape index (κ2) is 6.05. The molecule has 1 aliphatic heterocycles. The second-order valence-corrected chi connectivity index (χ2v) is 6.04. The molecule has 0 aromatic rings. The summed E-state index contributed by atoms with van der Waals surface area (Å²) < 4.78 is 0. The van der Waals surface area contributed by atoms with Crippen LogP contribution in [0.25, 0.3) is 0 Å². The molecule has 2 fully saturated rings. The molecular weight excluding hydrogens is 226 g/mol. The number of amides is 1. The molecular formula is C15H27NO2. The number of carbonyl (C=O) groups is 1. The third-order valence-electron chi connectivity index (χ3n) is 4.63. The average molecular weight is 253 g/mol. The maximum absolute atomic E-state index is 12.5. The average Bonchev–Trinajstić information content (AvgIpc) is 3.11. The standard InChI is InChI=1S/C15H27NO2/c1-3-4-8-12-13(11(2)17)14(12)15(18)16-9-6-5-7-10-16/h11-14,17H,3-10H2,1-2H3/t11-,12+,13+,14-/m1/s1. The van der Waals surface area contributed by atoms with Gasteiger partial charge in [0.25, 0.3) is 0 Å². The van der Waals surface area contributed by atoms with Crippen LogP contribution in [0, 0.1) is 17.8 Å². The lowest BCUT2D eigenvalue weighted by Crippen LogP contribution is -2.37. The number of hydrogen-bond acceptors (Lipinski definition) is 2. The van der Waals surface area contributed by atoms with Crippen LogP contribution in [0.15, 0.2) is 0 Å². The van der Waals surface area contributed by atoms with E-state index in [0.717, 1.165) is 32.4 Å². The van der Waals surface area contributed by atoms with Crippen LogP contribution >= 0.6 is 0 Å². The van der Waals surface area contributed by atoms with Crippen LogP contribution in [0.4, 0.5) is 0 Å². The van der Waals surface area contributed by atoms with Gasteiger partial charge in [-0.15, -0.1) is 0 Å². The van der Waals surface area contributed by atoms with E-state index in [1.807, 2.05) is 11.8 Å². The molecule has 18 heavy (non-hydrogen) atoms. The first kappa shape index (κ1) is 13.9. The Hall–Kier alpha value is -0.570. The molecule has 4 atom stereocenters. The van der Waals surface area contributed by atoms with Crippen LogP contribution in [-0.4, -0.2) is 35.1 Å². The predicted molar refractivity (Wildman–Crippen MR) is 72.1 cm³/mol. The summed E-state index contributed by atoms with van der Waals surface area (Å²) in [7, 11) is 0. The molecule has 3 heteroatoms. The van der Waals surface area contributed by atoms with Crippen molar-refractivity contribution in [2.75, 3.05) is 13.1 Å². The number of aliphatic hydroxyl groups is 1. The fourth-order valence-corrected chi connectivity index (χ4v) is 3.54. The summed E-state index contributed by atoms with van der Waals surface area (Å²) in [5, 5.41) is 9.81. The van der Waals surface area contributed by atoms with Crippen molar-refractivity contribution in [2.45, 2.75) is 58.5 Å². The van der Waals surface area contributed by atoms with Crippen molar-refractivity contribution < 1.29 is 9.90 Å². The lowest BCUT2D eigenvalue weighted by atomic mass is 10.1. The molecule has 1 saturated carbocycles. The fraction of sp³-hybridized carbons (Fsp3) is 0.933. The minimum absolute atomic E-state index is 0.120. The Labute approximate surface area is 111 Å². The quantitative estimate of drug-likeness (QED) is 0.817. The summed E-state index contributed by atoms with van der Waals surface area (Å²) in [5.74, 6) is 1.11. The van der Waals surface area contributed by atoms with Gasteiger partial charge in [-0.05, 0) is 44.4 Å². The Kier molecular flexibility index (Phi) is 4.66. The van der Waals surface area contributed by atoms with E-state index < -0.39 is 0 Å². The summed E-state index contributed by atoms with van der Waals surface area (Å²) in [5.41, 5.74) is 0. The lowest BCUT2D eigenvalue weighted by Gasteiger charge is -2.27. The van der Waals surface area contributed by atoms with Crippen LogP contribution in [0.2, 0.25) is 0 Å². The van der Waals surface area contributed by atoms with E-state index in [1.54, 1.807) is 0 Å². The normalized spacial score (nSPS) is 33.3. The maximum atomic E-state index is 12.5. The van der Waals surface area contributed by atoms with Gasteiger partial charge in [0.1, 0.15) is 0 Å². The summed E-state index contributed by atoms with van der Waals surface area (Å²) in [6.45, 7) is 5.89. The molecule has 104 valence electrons.